The van der Waals surface area contributed by atoms with Crippen LogP contribution in [0.2, 0.25) is 0 Å². The summed E-state index contributed by atoms with van der Waals surface area (Å²) in [6.07, 6.45) is -4.41. The molecule has 5 rings (SSSR count). The minimum atomic E-state index is -4.38. The van der Waals surface area contributed by atoms with Crippen LogP contribution in [0.1, 0.15) is 24.0 Å². The van der Waals surface area contributed by atoms with Crippen molar-refractivity contribution in [2.75, 3.05) is 18.1 Å². The topological polar surface area (TPSA) is 47.4 Å². The van der Waals surface area contributed by atoms with Crippen LogP contribution < -0.4 is 10.6 Å². The minimum Gasteiger partial charge on any atom is -0.375 e. The molecule has 1 saturated carbocycles. The van der Waals surface area contributed by atoms with Gasteiger partial charge >= 0.3 is 11.9 Å². The van der Waals surface area contributed by atoms with Crippen LogP contribution >= 0.6 is 0 Å². The first-order chi connectivity index (χ1) is 16.9. The highest BCUT2D eigenvalue weighted by molar-refractivity contribution is 6.56. The second kappa shape index (κ2) is 8.44. The van der Waals surface area contributed by atoms with Crippen molar-refractivity contribution in [3.8, 4) is 11.8 Å². The van der Waals surface area contributed by atoms with Gasteiger partial charge in [0.25, 0.3) is 0 Å². The molecular weight excluding hydrogens is 471 g/mol. The van der Waals surface area contributed by atoms with Gasteiger partial charge in [-0.15, -0.1) is 0 Å². The number of benzene rings is 2. The lowest BCUT2D eigenvalue weighted by Crippen LogP contribution is -2.44. The Morgan fingerprint density at radius 2 is 1.81 bits per heavy atom. The third kappa shape index (κ3) is 4.09. The molecule has 36 heavy (non-hydrogen) atoms. The van der Waals surface area contributed by atoms with Crippen molar-refractivity contribution in [1.29, 1.82) is 0 Å². The van der Waals surface area contributed by atoms with Gasteiger partial charge in [0.05, 0.1) is 24.1 Å². The summed E-state index contributed by atoms with van der Waals surface area (Å²) in [4.78, 5) is 19.2. The fraction of sp³-hybridized carbons (Fsp3) is 0.333. The molecule has 0 bridgehead atoms. The van der Waals surface area contributed by atoms with Gasteiger partial charge in [0.15, 0.2) is 5.82 Å². The summed E-state index contributed by atoms with van der Waals surface area (Å²) in [5.41, 5.74) is -0.532. The predicted molar refractivity (Wildman–Crippen MR) is 137 cm³/mol. The molecule has 2 aromatic carbocycles. The molecule has 0 radical (unpaired) electrons. The molecule has 0 atom stereocenters. The number of halogens is 4. The van der Waals surface area contributed by atoms with Crippen molar-refractivity contribution >= 4 is 45.9 Å². The summed E-state index contributed by atoms with van der Waals surface area (Å²) in [6.45, 7) is 0.634. The van der Waals surface area contributed by atoms with Gasteiger partial charge in [-0.2, -0.15) is 18.2 Å². The average Bonchev–Trinajstić information content (AvgIpc) is 3.60. The number of hydrogen-bond acceptors (Lipinski definition) is 4. The molecule has 0 N–H and O–H groups in total. The van der Waals surface area contributed by atoms with E-state index in [9.17, 15) is 18.0 Å². The predicted octanol–water partition coefficient (Wildman–Crippen LogP) is 1.36. The van der Waals surface area contributed by atoms with Gasteiger partial charge in [-0.1, -0.05) is 24.0 Å². The first-order valence-electron chi connectivity index (χ1n) is 11.7. The zero-order valence-electron chi connectivity index (χ0n) is 20.2. The van der Waals surface area contributed by atoms with E-state index in [1.54, 1.807) is 35.2 Å². The van der Waals surface area contributed by atoms with Crippen LogP contribution in [-0.2, 0) is 16.6 Å². The maximum absolute atomic E-state index is 15.3. The van der Waals surface area contributed by atoms with E-state index in [0.717, 1.165) is 0 Å². The zero-order chi connectivity index (χ0) is 25.9. The average molecular weight is 493 g/mol. The Labute approximate surface area is 208 Å². The SMILES string of the molecule is BC(B)(B)n1c(=O)nc(N2CCOCc3c(C#CC4(C(F)(F)F)CC4)cccc32)c2c(F)cccc21. The Bertz CT molecular complexity index is 1480. The van der Waals surface area contributed by atoms with Gasteiger partial charge in [0, 0.05) is 23.4 Å². The fourth-order valence-electron chi connectivity index (χ4n) is 4.62. The number of hydrogen-bond donors (Lipinski definition) is 0. The molecule has 2 heterocycles. The van der Waals surface area contributed by atoms with Crippen LogP contribution in [0.25, 0.3) is 10.9 Å². The second-order valence-electron chi connectivity index (χ2n) is 10.2. The van der Waals surface area contributed by atoms with Crippen LogP contribution in [-0.4, -0.2) is 52.4 Å². The summed E-state index contributed by atoms with van der Waals surface area (Å²) in [5.74, 6) is 4.79. The van der Waals surface area contributed by atoms with E-state index >= 15 is 4.39 Å². The van der Waals surface area contributed by atoms with Crippen LogP contribution in [0.5, 0.6) is 0 Å². The molecule has 0 amide bonds. The van der Waals surface area contributed by atoms with Crippen molar-refractivity contribution in [1.82, 2.24) is 9.55 Å². The Morgan fingerprint density at radius 1 is 1.08 bits per heavy atom. The van der Waals surface area contributed by atoms with Crippen molar-refractivity contribution in [2.45, 2.75) is 30.9 Å². The van der Waals surface area contributed by atoms with E-state index in [0.29, 0.717) is 22.3 Å². The van der Waals surface area contributed by atoms with Gasteiger partial charge in [-0.3, -0.25) is 0 Å². The summed E-state index contributed by atoms with van der Waals surface area (Å²) in [7, 11) is 5.52. The largest absolute Gasteiger partial charge is 0.405 e. The highest BCUT2D eigenvalue weighted by Gasteiger charge is 2.62. The van der Waals surface area contributed by atoms with E-state index in [-0.39, 0.29) is 43.8 Å². The number of anilines is 2. The van der Waals surface area contributed by atoms with Gasteiger partial charge in [-0.25, -0.2) is 9.18 Å². The molecule has 0 spiro atoms. The van der Waals surface area contributed by atoms with Crippen LogP contribution in [0, 0.1) is 23.1 Å². The standard InChI is InChI=1S/C24H22B3F4N3O2/c25-24(26,27)34-18-6-2-4-16(28)19(18)20(32-21(34)35)33-11-12-36-13-15-14(3-1-5-17(15)33)7-8-22(9-10-22)23(29,30)31/h1-6H,9-13,25-27H2. The van der Waals surface area contributed by atoms with E-state index in [1.165, 1.54) is 10.6 Å². The molecule has 0 unspecified atom stereocenters. The van der Waals surface area contributed by atoms with Crippen LogP contribution in [0.15, 0.2) is 41.2 Å². The lowest BCUT2D eigenvalue weighted by molar-refractivity contribution is -0.168. The molecular formula is C24H22B3F4N3O2. The van der Waals surface area contributed by atoms with Crippen molar-refractivity contribution < 1.29 is 22.3 Å². The molecule has 1 aromatic heterocycles. The summed E-state index contributed by atoms with van der Waals surface area (Å²) in [6, 6.07) is 9.63. The number of nitrogens with zero attached hydrogens (tertiary/aromatic N) is 3. The third-order valence-electron chi connectivity index (χ3n) is 6.65. The summed E-state index contributed by atoms with van der Waals surface area (Å²) in [5, 5.41) is -0.459. The molecule has 12 heteroatoms. The fourth-order valence-corrected chi connectivity index (χ4v) is 4.62. The quantitative estimate of drug-likeness (QED) is 0.308. The van der Waals surface area contributed by atoms with E-state index in [2.05, 4.69) is 16.8 Å². The Hall–Kier alpha value is -3.19. The normalized spacial score (nSPS) is 17.2. The number of alkyl halides is 3. The third-order valence-corrected chi connectivity index (χ3v) is 6.65. The molecule has 1 fully saturated rings. The van der Waals surface area contributed by atoms with Crippen molar-refractivity contribution in [3.63, 3.8) is 0 Å². The van der Waals surface area contributed by atoms with Gasteiger partial charge in [0.2, 0.25) is 0 Å². The monoisotopic (exact) mass is 493 g/mol. The Kier molecular flexibility index (Phi) is 5.75. The molecule has 3 aromatic rings. The van der Waals surface area contributed by atoms with E-state index in [4.69, 9.17) is 4.74 Å². The number of fused-ring (bicyclic) bond motifs is 2. The molecule has 1 aliphatic carbocycles. The maximum Gasteiger partial charge on any atom is 0.405 e. The summed E-state index contributed by atoms with van der Waals surface area (Å²) < 4.78 is 62.7. The lowest BCUT2D eigenvalue weighted by Gasteiger charge is -2.29. The first-order valence-corrected chi connectivity index (χ1v) is 11.7. The molecule has 2 aliphatic rings. The highest BCUT2D eigenvalue weighted by Crippen LogP contribution is 2.57. The smallest absolute Gasteiger partial charge is 0.375 e. The Balaban J connectivity index is 1.70. The lowest BCUT2D eigenvalue weighted by atomic mass is 9.49. The van der Waals surface area contributed by atoms with Crippen LogP contribution in [0.3, 0.4) is 0 Å². The van der Waals surface area contributed by atoms with Gasteiger partial charge in [0.1, 0.15) is 34.8 Å². The molecule has 182 valence electrons. The van der Waals surface area contributed by atoms with E-state index in [1.807, 2.05) is 23.5 Å². The Morgan fingerprint density at radius 3 is 2.47 bits per heavy atom. The summed E-state index contributed by atoms with van der Waals surface area (Å²) >= 11 is 0. The zero-order valence-corrected chi connectivity index (χ0v) is 20.2. The molecule has 5 nitrogen and oxygen atoms in total. The minimum absolute atomic E-state index is 0.0135. The number of rotatable bonds is 2. The van der Waals surface area contributed by atoms with Crippen molar-refractivity contribution in [2.24, 2.45) is 5.41 Å². The van der Waals surface area contributed by atoms with Gasteiger partial charge in [-0.05, 0) is 42.3 Å². The van der Waals surface area contributed by atoms with Gasteiger partial charge < -0.3 is 14.2 Å². The van der Waals surface area contributed by atoms with E-state index < -0.39 is 28.3 Å². The number of ether oxygens (including phenoxy) is 1. The molecule has 0 saturated heterocycles. The first kappa shape index (κ1) is 24.5. The van der Waals surface area contributed by atoms with Crippen LogP contribution in [0.4, 0.5) is 29.1 Å². The highest BCUT2D eigenvalue weighted by atomic mass is 19.4. The molecule has 1 aliphatic heterocycles. The number of aromatic nitrogens is 2. The second-order valence-corrected chi connectivity index (χ2v) is 10.2. The maximum atomic E-state index is 15.3. The van der Waals surface area contributed by atoms with Crippen molar-refractivity contribution in [3.05, 3.63) is 63.8 Å².